The topological polar surface area (TPSA) is 53.1 Å². The molecule has 114 valence electrons. The van der Waals surface area contributed by atoms with Crippen molar-refractivity contribution in [3.8, 4) is 5.75 Å². The highest BCUT2D eigenvalue weighted by Crippen LogP contribution is 2.36. The number of anilines is 1. The fourth-order valence-electron chi connectivity index (χ4n) is 2.01. The first-order valence-electron chi connectivity index (χ1n) is 6.59. The van der Waals surface area contributed by atoms with Gasteiger partial charge in [-0.25, -0.2) is 0 Å². The summed E-state index contributed by atoms with van der Waals surface area (Å²) in [7, 11) is 0. The minimum absolute atomic E-state index is 0.239. The molecule has 1 heterocycles. The molecule has 21 heavy (non-hydrogen) atoms. The lowest BCUT2D eigenvalue weighted by Gasteiger charge is -2.12. The maximum atomic E-state index is 6.33. The number of aryl methyl sites for hydroxylation is 2. The van der Waals surface area contributed by atoms with Crippen LogP contribution in [0.1, 0.15) is 25.2 Å². The Morgan fingerprint density at radius 1 is 1.19 bits per heavy atom. The lowest BCUT2D eigenvalue weighted by atomic mass is 10.3. The van der Waals surface area contributed by atoms with Crippen molar-refractivity contribution in [2.45, 2.75) is 33.4 Å². The number of nitrogens with two attached hydrogens (primary N) is 1. The molecule has 7 heteroatoms. The van der Waals surface area contributed by atoms with E-state index in [2.05, 4.69) is 5.10 Å². The zero-order chi connectivity index (χ0) is 15.6. The van der Waals surface area contributed by atoms with Gasteiger partial charge in [-0.15, -0.1) is 0 Å². The van der Waals surface area contributed by atoms with Crippen molar-refractivity contribution in [1.82, 2.24) is 9.78 Å². The predicted molar refractivity (Wildman–Crippen MR) is 87.5 cm³/mol. The van der Waals surface area contributed by atoms with Gasteiger partial charge in [-0.05, 0) is 25.5 Å². The Morgan fingerprint density at radius 2 is 1.81 bits per heavy atom. The number of benzene rings is 1. The quantitative estimate of drug-likeness (QED) is 0.804. The van der Waals surface area contributed by atoms with Crippen LogP contribution >= 0.6 is 34.8 Å². The van der Waals surface area contributed by atoms with Crippen LogP contribution in [-0.4, -0.2) is 9.78 Å². The highest BCUT2D eigenvalue weighted by atomic mass is 35.5. The average Bonchev–Trinajstić information content (AvgIpc) is 2.73. The molecule has 0 fully saturated rings. The molecular formula is C14H16Cl3N3O. The predicted octanol–water partition coefficient (Wildman–Crippen LogP) is 4.59. The van der Waals surface area contributed by atoms with Crippen LogP contribution in [0.15, 0.2) is 12.1 Å². The van der Waals surface area contributed by atoms with Crippen molar-refractivity contribution in [2.75, 3.05) is 5.73 Å². The van der Waals surface area contributed by atoms with Gasteiger partial charge in [-0.1, -0.05) is 41.7 Å². The van der Waals surface area contributed by atoms with Crippen LogP contribution in [0, 0.1) is 0 Å². The van der Waals surface area contributed by atoms with Crippen molar-refractivity contribution in [2.24, 2.45) is 0 Å². The largest absolute Gasteiger partial charge is 0.484 e. The van der Waals surface area contributed by atoms with Crippen molar-refractivity contribution in [1.29, 1.82) is 0 Å². The van der Waals surface area contributed by atoms with Crippen molar-refractivity contribution >= 4 is 40.5 Å². The van der Waals surface area contributed by atoms with E-state index < -0.39 is 0 Å². The summed E-state index contributed by atoms with van der Waals surface area (Å²) < 4.78 is 7.54. The highest BCUT2D eigenvalue weighted by molar-refractivity contribution is 6.37. The van der Waals surface area contributed by atoms with Gasteiger partial charge < -0.3 is 10.5 Å². The minimum Gasteiger partial charge on any atom is -0.484 e. The van der Waals surface area contributed by atoms with Gasteiger partial charge >= 0.3 is 0 Å². The molecule has 0 spiro atoms. The molecule has 0 saturated carbocycles. The molecule has 0 atom stereocenters. The van der Waals surface area contributed by atoms with Crippen LogP contribution in [-0.2, 0) is 19.6 Å². The molecule has 1 aromatic heterocycles. The van der Waals surface area contributed by atoms with Crippen LogP contribution in [0.4, 0.5) is 5.69 Å². The van der Waals surface area contributed by atoms with E-state index in [9.17, 15) is 0 Å². The number of ether oxygens (including phenoxy) is 1. The summed E-state index contributed by atoms with van der Waals surface area (Å²) in [5, 5.41) is 5.80. The molecule has 2 N–H and O–H groups in total. The summed E-state index contributed by atoms with van der Waals surface area (Å²) in [6.07, 6.45) is 0.766. The molecule has 4 nitrogen and oxygen atoms in total. The van der Waals surface area contributed by atoms with Crippen LogP contribution in [0.3, 0.4) is 0 Å². The molecule has 0 amide bonds. The SMILES string of the molecule is CCc1nn(CC)c(COc2c(Cl)cc(N)cc2Cl)c1Cl. The number of aromatic nitrogens is 2. The first-order valence-corrected chi connectivity index (χ1v) is 7.72. The Hall–Kier alpha value is -1.10. The van der Waals surface area contributed by atoms with Gasteiger partial charge in [-0.2, -0.15) is 5.10 Å². The van der Waals surface area contributed by atoms with Gasteiger partial charge in [0.25, 0.3) is 0 Å². The summed E-state index contributed by atoms with van der Waals surface area (Å²) in [6.45, 7) is 4.95. The number of hydrogen-bond donors (Lipinski definition) is 1. The minimum atomic E-state index is 0.239. The normalized spacial score (nSPS) is 10.9. The fourth-order valence-corrected chi connectivity index (χ4v) is 2.95. The zero-order valence-electron chi connectivity index (χ0n) is 11.8. The van der Waals surface area contributed by atoms with E-state index in [1.165, 1.54) is 0 Å². The van der Waals surface area contributed by atoms with Crippen LogP contribution in [0.5, 0.6) is 5.75 Å². The van der Waals surface area contributed by atoms with E-state index in [1.807, 2.05) is 18.5 Å². The molecule has 0 aliphatic rings. The van der Waals surface area contributed by atoms with Crippen LogP contribution in [0.2, 0.25) is 15.1 Å². The first kappa shape index (κ1) is 16.3. The lowest BCUT2D eigenvalue weighted by Crippen LogP contribution is -2.07. The van der Waals surface area contributed by atoms with E-state index in [-0.39, 0.29) is 6.61 Å². The molecule has 0 saturated heterocycles. The van der Waals surface area contributed by atoms with Crippen LogP contribution in [0.25, 0.3) is 0 Å². The standard InChI is InChI=1S/C14H16Cl3N3O/c1-3-11-13(17)12(20(4-2)19-11)7-21-14-9(15)5-8(18)6-10(14)16/h5-6H,3-4,7,18H2,1-2H3. The molecule has 0 aliphatic heterocycles. The molecular weight excluding hydrogens is 333 g/mol. The Bertz CT molecular complexity index is 632. The van der Waals surface area contributed by atoms with Gasteiger partial charge in [0.1, 0.15) is 6.61 Å². The first-order chi connectivity index (χ1) is 9.97. The van der Waals surface area contributed by atoms with Crippen LogP contribution < -0.4 is 10.5 Å². The van der Waals surface area contributed by atoms with Crippen molar-refractivity contribution in [3.63, 3.8) is 0 Å². The molecule has 0 aliphatic carbocycles. The summed E-state index contributed by atoms with van der Waals surface area (Å²) in [5.74, 6) is 0.394. The van der Waals surface area contributed by atoms with Gasteiger partial charge in [0.05, 0.1) is 26.5 Å². The van der Waals surface area contributed by atoms with E-state index >= 15 is 0 Å². The van der Waals surface area contributed by atoms with E-state index in [1.54, 1.807) is 12.1 Å². The number of rotatable bonds is 5. The summed E-state index contributed by atoms with van der Waals surface area (Å²) in [6, 6.07) is 3.19. The van der Waals surface area contributed by atoms with E-state index in [4.69, 9.17) is 45.3 Å². The smallest absolute Gasteiger partial charge is 0.157 e. The number of nitrogen functional groups attached to an aromatic ring is 1. The molecule has 0 radical (unpaired) electrons. The van der Waals surface area contributed by atoms with Gasteiger partial charge in [-0.3, -0.25) is 4.68 Å². The summed E-state index contributed by atoms with van der Waals surface area (Å²) in [4.78, 5) is 0. The molecule has 0 bridgehead atoms. The molecule has 2 aromatic rings. The molecule has 2 rings (SSSR count). The molecule has 0 unspecified atom stereocenters. The second-order valence-electron chi connectivity index (χ2n) is 4.48. The van der Waals surface area contributed by atoms with Gasteiger partial charge in [0.15, 0.2) is 5.75 Å². The van der Waals surface area contributed by atoms with Crippen molar-refractivity contribution < 1.29 is 4.74 Å². The Labute approximate surface area is 138 Å². The maximum absolute atomic E-state index is 6.33. The lowest BCUT2D eigenvalue weighted by molar-refractivity contribution is 0.293. The second-order valence-corrected chi connectivity index (χ2v) is 5.67. The van der Waals surface area contributed by atoms with Gasteiger partial charge in [0, 0.05) is 12.2 Å². The third kappa shape index (κ3) is 3.39. The van der Waals surface area contributed by atoms with E-state index in [0.717, 1.165) is 17.8 Å². The maximum Gasteiger partial charge on any atom is 0.157 e. The summed E-state index contributed by atoms with van der Waals surface area (Å²) in [5.41, 5.74) is 7.81. The van der Waals surface area contributed by atoms with Gasteiger partial charge in [0.2, 0.25) is 0 Å². The Kier molecular flexibility index (Phi) is 5.25. The highest BCUT2D eigenvalue weighted by Gasteiger charge is 2.16. The third-order valence-electron chi connectivity index (χ3n) is 3.07. The fraction of sp³-hybridized carbons (Fsp3) is 0.357. The number of halogens is 3. The van der Waals surface area contributed by atoms with E-state index in [0.29, 0.717) is 33.0 Å². The monoisotopic (exact) mass is 347 g/mol. The molecule has 1 aromatic carbocycles. The zero-order valence-corrected chi connectivity index (χ0v) is 14.1. The number of hydrogen-bond acceptors (Lipinski definition) is 3. The Balaban J connectivity index is 2.26. The summed E-state index contributed by atoms with van der Waals surface area (Å²) >= 11 is 18.5. The van der Waals surface area contributed by atoms with Crippen molar-refractivity contribution in [3.05, 3.63) is 38.6 Å². The average molecular weight is 349 g/mol. The Morgan fingerprint density at radius 3 is 2.33 bits per heavy atom. The number of nitrogens with zero attached hydrogens (tertiary/aromatic N) is 2. The third-order valence-corrected chi connectivity index (χ3v) is 4.07. The second kappa shape index (κ2) is 6.77.